The topological polar surface area (TPSA) is 60.0 Å². The Bertz CT molecular complexity index is 1270. The molecule has 0 spiro atoms. The van der Waals surface area contributed by atoms with Crippen LogP contribution in [0, 0.1) is 5.92 Å². The molecule has 0 fully saturated rings. The summed E-state index contributed by atoms with van der Waals surface area (Å²) in [5.41, 5.74) is 5.53. The average Bonchev–Trinajstić information content (AvgIpc) is 3.01. The zero-order chi connectivity index (χ0) is 29.0. The largest absolute Gasteiger partial charge is 0.493 e. The maximum absolute atomic E-state index is 14.0. The van der Waals surface area contributed by atoms with E-state index in [0.717, 1.165) is 73.7 Å². The second kappa shape index (κ2) is 15.5. The lowest BCUT2D eigenvalue weighted by Crippen LogP contribution is -2.34. The van der Waals surface area contributed by atoms with E-state index in [1.165, 1.54) is 29.5 Å². The van der Waals surface area contributed by atoms with Crippen LogP contribution in [0.5, 0.6) is 17.2 Å². The van der Waals surface area contributed by atoms with Crippen molar-refractivity contribution in [2.24, 2.45) is 5.92 Å². The monoisotopic (exact) mass is 558 g/mol. The van der Waals surface area contributed by atoms with Gasteiger partial charge in [0.15, 0.2) is 11.5 Å². The summed E-state index contributed by atoms with van der Waals surface area (Å²) in [6.45, 7) is 7.22. The van der Waals surface area contributed by atoms with Crippen molar-refractivity contribution < 1.29 is 19.0 Å². The van der Waals surface area contributed by atoms with Crippen LogP contribution >= 0.6 is 0 Å². The van der Waals surface area contributed by atoms with Gasteiger partial charge >= 0.3 is 0 Å². The predicted molar refractivity (Wildman–Crippen MR) is 167 cm³/mol. The van der Waals surface area contributed by atoms with Crippen LogP contribution < -0.4 is 24.4 Å². The lowest BCUT2D eigenvalue weighted by molar-refractivity contribution is 0.0985. The molecule has 0 unspecified atom stereocenters. The number of anilines is 1. The summed E-state index contributed by atoms with van der Waals surface area (Å²) >= 11 is 0. The Labute approximate surface area is 246 Å². The van der Waals surface area contributed by atoms with E-state index in [1.807, 2.05) is 47.4 Å². The minimum absolute atomic E-state index is 0.0347. The molecule has 1 amide bonds. The highest BCUT2D eigenvalue weighted by Crippen LogP contribution is 2.31. The maximum Gasteiger partial charge on any atom is 0.258 e. The number of hydrogen-bond acceptors (Lipinski definition) is 5. The van der Waals surface area contributed by atoms with Gasteiger partial charge in [0, 0.05) is 12.1 Å². The van der Waals surface area contributed by atoms with Gasteiger partial charge in [-0.25, -0.2) is 0 Å². The summed E-state index contributed by atoms with van der Waals surface area (Å²) in [5.74, 6) is 2.71. The van der Waals surface area contributed by atoms with E-state index in [-0.39, 0.29) is 5.91 Å². The van der Waals surface area contributed by atoms with Crippen LogP contribution in [0.2, 0.25) is 0 Å². The number of nitrogens with one attached hydrogen (secondary N) is 1. The molecule has 1 aliphatic carbocycles. The number of methoxy groups -OCH3 is 2. The Morgan fingerprint density at radius 1 is 0.854 bits per heavy atom. The molecular formula is C35H46N2O4. The van der Waals surface area contributed by atoms with Gasteiger partial charge in [-0.15, -0.1) is 0 Å². The van der Waals surface area contributed by atoms with Gasteiger partial charge in [0.25, 0.3) is 5.91 Å². The van der Waals surface area contributed by atoms with E-state index < -0.39 is 0 Å². The number of carbonyl (C=O) groups excluding carboxylic acids is 1. The quantitative estimate of drug-likeness (QED) is 0.206. The third kappa shape index (κ3) is 8.49. The summed E-state index contributed by atoms with van der Waals surface area (Å²) in [5, 5.41) is 3.56. The highest BCUT2D eigenvalue weighted by atomic mass is 16.5. The number of carbonyl (C=O) groups is 1. The zero-order valence-electron chi connectivity index (χ0n) is 25.2. The smallest absolute Gasteiger partial charge is 0.258 e. The number of benzene rings is 3. The Hall–Kier alpha value is -3.51. The maximum atomic E-state index is 14.0. The molecule has 0 heterocycles. The molecule has 6 nitrogen and oxygen atoms in total. The molecule has 0 saturated carbocycles. The lowest BCUT2D eigenvalue weighted by Gasteiger charge is -2.26. The van der Waals surface area contributed by atoms with Crippen molar-refractivity contribution in [3.8, 4) is 17.2 Å². The van der Waals surface area contributed by atoms with Crippen LogP contribution in [0.25, 0.3) is 0 Å². The number of hydrogen-bond donors (Lipinski definition) is 1. The van der Waals surface area contributed by atoms with Gasteiger partial charge in [0.1, 0.15) is 5.75 Å². The third-order valence-corrected chi connectivity index (χ3v) is 7.57. The van der Waals surface area contributed by atoms with Crippen molar-refractivity contribution in [1.82, 2.24) is 5.32 Å². The Morgan fingerprint density at radius 3 is 2.39 bits per heavy atom. The number of aryl methyl sites for hydroxylation is 3. The fourth-order valence-electron chi connectivity index (χ4n) is 5.35. The standard InChI is InChI=1S/C35H46N2O4/c1-26(2)25-41-32-15-8-7-14-31(32)37(35(38)30-18-17-28-12-5-6-13-29(28)24-30)22-10-21-36-20-9-11-27-16-19-33(39-3)34(23-27)40-4/h7-8,14-19,23-24,26,36H,5-6,9-13,20-22,25H2,1-4H3. The molecule has 6 heteroatoms. The van der Waals surface area contributed by atoms with E-state index in [2.05, 4.69) is 37.4 Å². The molecule has 0 saturated heterocycles. The fourth-order valence-corrected chi connectivity index (χ4v) is 5.35. The van der Waals surface area contributed by atoms with Gasteiger partial charge in [-0.05, 0) is 117 Å². The molecular weight excluding hydrogens is 512 g/mol. The molecule has 0 aromatic heterocycles. The van der Waals surface area contributed by atoms with Crippen LogP contribution in [0.15, 0.2) is 60.7 Å². The number of rotatable bonds is 15. The molecule has 3 aromatic carbocycles. The van der Waals surface area contributed by atoms with Crippen molar-refractivity contribution in [1.29, 1.82) is 0 Å². The minimum atomic E-state index is 0.0347. The Balaban J connectivity index is 1.38. The van der Waals surface area contributed by atoms with Crippen molar-refractivity contribution in [3.63, 3.8) is 0 Å². The van der Waals surface area contributed by atoms with Gasteiger partial charge < -0.3 is 24.4 Å². The number of ether oxygens (including phenoxy) is 3. The molecule has 220 valence electrons. The molecule has 3 aromatic rings. The fraction of sp³-hybridized carbons (Fsp3) is 0.457. The van der Waals surface area contributed by atoms with Crippen molar-refractivity contribution in [2.75, 3.05) is 45.4 Å². The van der Waals surface area contributed by atoms with Crippen molar-refractivity contribution in [2.45, 2.75) is 58.8 Å². The average molecular weight is 559 g/mol. The van der Waals surface area contributed by atoms with Crippen LogP contribution in [-0.4, -0.2) is 46.4 Å². The third-order valence-electron chi connectivity index (χ3n) is 7.57. The lowest BCUT2D eigenvalue weighted by atomic mass is 9.90. The molecule has 0 atom stereocenters. The van der Waals surface area contributed by atoms with E-state index >= 15 is 0 Å². The minimum Gasteiger partial charge on any atom is -0.493 e. The second-order valence-corrected chi connectivity index (χ2v) is 11.2. The Morgan fingerprint density at radius 2 is 1.61 bits per heavy atom. The van der Waals surface area contributed by atoms with Gasteiger partial charge in [0.2, 0.25) is 0 Å². The first-order chi connectivity index (χ1) is 20.0. The van der Waals surface area contributed by atoms with Gasteiger partial charge in [-0.2, -0.15) is 0 Å². The SMILES string of the molecule is COc1ccc(CCCNCCCN(C(=O)c2ccc3c(c2)CCCC3)c2ccccc2OCC(C)C)cc1OC. The molecule has 4 rings (SSSR count). The van der Waals surface area contributed by atoms with E-state index in [4.69, 9.17) is 14.2 Å². The Kier molecular flexibility index (Phi) is 11.5. The zero-order valence-corrected chi connectivity index (χ0v) is 25.2. The first-order valence-electron chi connectivity index (χ1n) is 15.1. The summed E-state index contributed by atoms with van der Waals surface area (Å²) < 4.78 is 16.9. The number of fused-ring (bicyclic) bond motifs is 1. The van der Waals surface area contributed by atoms with Crippen molar-refractivity contribution in [3.05, 3.63) is 82.9 Å². The first kappa shape index (κ1) is 30.4. The van der Waals surface area contributed by atoms with Gasteiger partial charge in [-0.3, -0.25) is 4.79 Å². The number of nitrogens with zero attached hydrogens (tertiary/aromatic N) is 1. The molecule has 41 heavy (non-hydrogen) atoms. The van der Waals surface area contributed by atoms with E-state index in [0.29, 0.717) is 19.1 Å². The highest BCUT2D eigenvalue weighted by Gasteiger charge is 2.22. The molecule has 0 radical (unpaired) electrons. The molecule has 0 bridgehead atoms. The number of amides is 1. The van der Waals surface area contributed by atoms with E-state index in [9.17, 15) is 4.79 Å². The van der Waals surface area contributed by atoms with Gasteiger partial charge in [-0.1, -0.05) is 38.1 Å². The molecule has 1 aliphatic rings. The van der Waals surface area contributed by atoms with Crippen LogP contribution in [-0.2, 0) is 19.3 Å². The summed E-state index contributed by atoms with van der Waals surface area (Å²) in [7, 11) is 3.32. The number of para-hydroxylation sites is 2. The summed E-state index contributed by atoms with van der Waals surface area (Å²) in [6, 6.07) is 20.3. The second-order valence-electron chi connectivity index (χ2n) is 11.2. The summed E-state index contributed by atoms with van der Waals surface area (Å²) in [6.07, 6.45) is 7.39. The van der Waals surface area contributed by atoms with Crippen LogP contribution in [0.4, 0.5) is 5.69 Å². The molecule has 1 N–H and O–H groups in total. The van der Waals surface area contributed by atoms with Gasteiger partial charge in [0.05, 0.1) is 26.5 Å². The molecule has 0 aliphatic heterocycles. The first-order valence-corrected chi connectivity index (χ1v) is 15.1. The normalized spacial score (nSPS) is 12.6. The van der Waals surface area contributed by atoms with Crippen LogP contribution in [0.3, 0.4) is 0 Å². The highest BCUT2D eigenvalue weighted by molar-refractivity contribution is 6.07. The van der Waals surface area contributed by atoms with E-state index in [1.54, 1.807) is 14.2 Å². The van der Waals surface area contributed by atoms with Crippen LogP contribution in [0.1, 0.15) is 66.6 Å². The predicted octanol–water partition coefficient (Wildman–Crippen LogP) is 6.88. The summed E-state index contributed by atoms with van der Waals surface area (Å²) in [4.78, 5) is 15.9. The van der Waals surface area contributed by atoms with Crippen molar-refractivity contribution >= 4 is 11.6 Å².